The summed E-state index contributed by atoms with van der Waals surface area (Å²) in [6.45, 7) is 8.86. The molecule has 2 rings (SSSR count). The Kier molecular flexibility index (Phi) is 4.05. The Balaban J connectivity index is 2.29. The van der Waals surface area contributed by atoms with Gasteiger partial charge in [0.05, 0.1) is 6.10 Å². The number of halogens is 1. The van der Waals surface area contributed by atoms with E-state index in [0.717, 1.165) is 5.75 Å². The second-order valence-corrected chi connectivity index (χ2v) is 7.47. The summed E-state index contributed by atoms with van der Waals surface area (Å²) < 4.78 is 5.80. The lowest BCUT2D eigenvalue weighted by molar-refractivity contribution is 0.242. The van der Waals surface area contributed by atoms with E-state index in [2.05, 4.69) is 61.8 Å². The average molecular weight is 311 g/mol. The molecule has 0 aliphatic heterocycles. The number of aryl methyl sites for hydroxylation is 1. The van der Waals surface area contributed by atoms with Gasteiger partial charge < -0.3 is 4.74 Å². The van der Waals surface area contributed by atoms with Gasteiger partial charge in [-0.1, -0.05) is 35.8 Å². The SMILES string of the molecule is CC(C)Oc1ccc2c(c1)C(Br)CC(C)(C)CC2. The molecule has 0 saturated heterocycles. The Labute approximate surface area is 119 Å². The minimum absolute atomic E-state index is 0.235. The van der Waals surface area contributed by atoms with Gasteiger partial charge in [0.1, 0.15) is 5.75 Å². The van der Waals surface area contributed by atoms with Gasteiger partial charge >= 0.3 is 0 Å². The van der Waals surface area contributed by atoms with Crippen molar-refractivity contribution in [2.24, 2.45) is 5.41 Å². The molecule has 1 nitrogen and oxygen atoms in total. The quantitative estimate of drug-likeness (QED) is 0.534. The van der Waals surface area contributed by atoms with Crippen molar-refractivity contribution in [3.05, 3.63) is 29.3 Å². The number of alkyl halides is 1. The summed E-state index contributed by atoms with van der Waals surface area (Å²) in [5.41, 5.74) is 3.30. The molecule has 0 N–H and O–H groups in total. The molecule has 1 atom stereocenters. The second kappa shape index (κ2) is 5.24. The van der Waals surface area contributed by atoms with E-state index >= 15 is 0 Å². The van der Waals surface area contributed by atoms with Crippen LogP contribution in [0.3, 0.4) is 0 Å². The van der Waals surface area contributed by atoms with E-state index in [1.54, 1.807) is 0 Å². The van der Waals surface area contributed by atoms with E-state index in [4.69, 9.17) is 4.74 Å². The van der Waals surface area contributed by atoms with Gasteiger partial charge in [0.25, 0.3) is 0 Å². The summed E-state index contributed by atoms with van der Waals surface area (Å²) >= 11 is 3.86. The number of rotatable bonds is 2. The van der Waals surface area contributed by atoms with Crippen LogP contribution in [0.5, 0.6) is 5.75 Å². The standard InChI is InChI=1S/C16H23BrO/c1-11(2)18-13-6-5-12-7-8-16(3,4)10-15(17)14(12)9-13/h5-6,9,11,15H,7-8,10H2,1-4H3. The van der Waals surface area contributed by atoms with Crippen LogP contribution in [0.1, 0.15) is 56.5 Å². The molecule has 100 valence electrons. The number of ether oxygens (including phenoxy) is 1. The molecule has 18 heavy (non-hydrogen) atoms. The van der Waals surface area contributed by atoms with Gasteiger partial charge in [-0.05, 0) is 61.8 Å². The highest BCUT2D eigenvalue weighted by Gasteiger charge is 2.28. The van der Waals surface area contributed by atoms with E-state index in [0.29, 0.717) is 10.2 Å². The maximum Gasteiger partial charge on any atom is 0.120 e. The van der Waals surface area contributed by atoms with Gasteiger partial charge in [0.2, 0.25) is 0 Å². The first kappa shape index (κ1) is 13.9. The van der Waals surface area contributed by atoms with Gasteiger partial charge in [-0.25, -0.2) is 0 Å². The first-order valence-corrected chi connectivity index (χ1v) is 7.72. The van der Waals surface area contributed by atoms with Crippen LogP contribution in [0.2, 0.25) is 0 Å². The van der Waals surface area contributed by atoms with Crippen molar-refractivity contribution >= 4 is 15.9 Å². The molecule has 0 aromatic heterocycles. The smallest absolute Gasteiger partial charge is 0.120 e. The van der Waals surface area contributed by atoms with Crippen LogP contribution in [-0.2, 0) is 6.42 Å². The van der Waals surface area contributed by atoms with Gasteiger partial charge in [0.15, 0.2) is 0 Å². The topological polar surface area (TPSA) is 9.23 Å². The van der Waals surface area contributed by atoms with Crippen molar-refractivity contribution in [1.82, 2.24) is 0 Å². The highest BCUT2D eigenvalue weighted by molar-refractivity contribution is 9.09. The van der Waals surface area contributed by atoms with Gasteiger partial charge in [-0.3, -0.25) is 0 Å². The largest absolute Gasteiger partial charge is 0.491 e. The zero-order valence-electron chi connectivity index (χ0n) is 11.8. The third-order valence-electron chi connectivity index (χ3n) is 3.63. The zero-order valence-corrected chi connectivity index (χ0v) is 13.4. The molecule has 0 radical (unpaired) electrons. The third-order valence-corrected chi connectivity index (χ3v) is 4.45. The molecule has 0 heterocycles. The fraction of sp³-hybridized carbons (Fsp3) is 0.625. The van der Waals surface area contributed by atoms with E-state index in [1.807, 2.05) is 0 Å². The number of hydrogen-bond donors (Lipinski definition) is 0. The third kappa shape index (κ3) is 3.28. The van der Waals surface area contributed by atoms with Crippen LogP contribution in [0.25, 0.3) is 0 Å². The van der Waals surface area contributed by atoms with Crippen molar-refractivity contribution in [2.75, 3.05) is 0 Å². The fourth-order valence-electron chi connectivity index (χ4n) is 2.61. The first-order valence-electron chi connectivity index (χ1n) is 6.81. The Hall–Kier alpha value is -0.500. The Morgan fingerprint density at radius 2 is 2.06 bits per heavy atom. The molecule has 0 spiro atoms. The highest BCUT2D eigenvalue weighted by atomic mass is 79.9. The predicted molar refractivity (Wildman–Crippen MR) is 80.6 cm³/mol. The maximum absolute atomic E-state index is 5.80. The van der Waals surface area contributed by atoms with Crippen LogP contribution < -0.4 is 4.74 Å². The van der Waals surface area contributed by atoms with Crippen LogP contribution in [0.4, 0.5) is 0 Å². The van der Waals surface area contributed by atoms with E-state index in [-0.39, 0.29) is 6.10 Å². The predicted octanol–water partition coefficient (Wildman–Crippen LogP) is 5.27. The summed E-state index contributed by atoms with van der Waals surface area (Å²) in [4.78, 5) is 0.445. The molecule has 0 saturated carbocycles. The molecule has 1 unspecified atom stereocenters. The Morgan fingerprint density at radius 3 is 2.72 bits per heavy atom. The molecule has 1 aliphatic rings. The maximum atomic E-state index is 5.80. The van der Waals surface area contributed by atoms with Crippen molar-refractivity contribution in [3.8, 4) is 5.75 Å². The molecular formula is C16H23BrO. The van der Waals surface area contributed by atoms with E-state index < -0.39 is 0 Å². The van der Waals surface area contributed by atoms with Crippen LogP contribution in [0, 0.1) is 5.41 Å². The summed E-state index contributed by atoms with van der Waals surface area (Å²) in [7, 11) is 0. The van der Waals surface area contributed by atoms with Crippen LogP contribution in [-0.4, -0.2) is 6.10 Å². The monoisotopic (exact) mass is 310 g/mol. The summed E-state index contributed by atoms with van der Waals surface area (Å²) in [6, 6.07) is 6.57. The van der Waals surface area contributed by atoms with Crippen molar-refractivity contribution in [3.63, 3.8) is 0 Å². The summed E-state index contributed by atoms with van der Waals surface area (Å²) in [5, 5.41) is 0. The Morgan fingerprint density at radius 1 is 1.33 bits per heavy atom. The van der Waals surface area contributed by atoms with Crippen LogP contribution >= 0.6 is 15.9 Å². The number of benzene rings is 1. The second-order valence-electron chi connectivity index (χ2n) is 6.36. The fourth-order valence-corrected chi connectivity index (χ4v) is 3.91. The zero-order chi connectivity index (χ0) is 13.3. The molecule has 0 fully saturated rings. The molecule has 1 aromatic rings. The highest BCUT2D eigenvalue weighted by Crippen LogP contribution is 2.44. The summed E-state index contributed by atoms with van der Waals surface area (Å²) in [6.07, 6.45) is 3.85. The number of hydrogen-bond acceptors (Lipinski definition) is 1. The van der Waals surface area contributed by atoms with Gasteiger partial charge in [-0.15, -0.1) is 0 Å². The average Bonchev–Trinajstić information content (AvgIpc) is 2.35. The van der Waals surface area contributed by atoms with E-state index in [9.17, 15) is 0 Å². The molecular weight excluding hydrogens is 288 g/mol. The van der Waals surface area contributed by atoms with Crippen molar-refractivity contribution < 1.29 is 4.74 Å². The van der Waals surface area contributed by atoms with Gasteiger partial charge in [-0.2, -0.15) is 0 Å². The minimum Gasteiger partial charge on any atom is -0.491 e. The summed E-state index contributed by atoms with van der Waals surface area (Å²) in [5.74, 6) is 0.993. The first-order chi connectivity index (χ1) is 8.37. The number of fused-ring (bicyclic) bond motifs is 1. The lowest BCUT2D eigenvalue weighted by Gasteiger charge is -2.24. The lowest BCUT2D eigenvalue weighted by Crippen LogP contribution is -2.11. The molecule has 0 bridgehead atoms. The molecule has 0 amide bonds. The van der Waals surface area contributed by atoms with Crippen molar-refractivity contribution in [2.45, 2.75) is 57.9 Å². The van der Waals surface area contributed by atoms with Crippen molar-refractivity contribution in [1.29, 1.82) is 0 Å². The molecule has 1 aliphatic carbocycles. The van der Waals surface area contributed by atoms with Gasteiger partial charge in [0, 0.05) is 4.83 Å². The lowest BCUT2D eigenvalue weighted by atomic mass is 9.84. The van der Waals surface area contributed by atoms with Crippen LogP contribution in [0.15, 0.2) is 18.2 Å². The normalized spacial score (nSPS) is 22.4. The molecule has 1 aromatic carbocycles. The van der Waals surface area contributed by atoms with E-state index in [1.165, 1.54) is 30.4 Å². The Bertz CT molecular complexity index is 423. The molecule has 2 heteroatoms. The minimum atomic E-state index is 0.235.